The van der Waals surface area contributed by atoms with Crippen LogP contribution in [0.2, 0.25) is 0 Å². The standard InChI is InChI=1S/C6H4Br2N2S2/c7-5(1-11-3-9)6(8)2-12-4-10/h1-2H2/b6-5+. The molecule has 0 spiro atoms. The number of nitrogens with zero attached hydrogens (tertiary/aromatic N) is 2. The van der Waals surface area contributed by atoms with Crippen molar-refractivity contribution in [1.82, 2.24) is 0 Å². The molecule has 64 valence electrons. The Morgan fingerprint density at radius 2 is 1.33 bits per heavy atom. The molecule has 0 N–H and O–H groups in total. The highest BCUT2D eigenvalue weighted by Crippen LogP contribution is 2.24. The van der Waals surface area contributed by atoms with Crippen LogP contribution in [-0.4, -0.2) is 11.5 Å². The Bertz CT molecular complexity index is 225. The topological polar surface area (TPSA) is 47.6 Å². The van der Waals surface area contributed by atoms with Gasteiger partial charge in [-0.3, -0.25) is 0 Å². The average Bonchev–Trinajstić information content (AvgIpc) is 2.10. The monoisotopic (exact) mass is 326 g/mol. The highest BCUT2D eigenvalue weighted by Gasteiger charge is 2.00. The van der Waals surface area contributed by atoms with Gasteiger partial charge in [0.2, 0.25) is 0 Å². The van der Waals surface area contributed by atoms with Gasteiger partial charge in [-0.25, -0.2) is 0 Å². The molecule has 0 amide bonds. The number of rotatable bonds is 4. The van der Waals surface area contributed by atoms with E-state index in [0.29, 0.717) is 11.5 Å². The summed E-state index contributed by atoms with van der Waals surface area (Å²) in [5, 5.41) is 20.5. The van der Waals surface area contributed by atoms with Crippen molar-refractivity contribution in [3.05, 3.63) is 8.96 Å². The lowest BCUT2D eigenvalue weighted by atomic mass is 10.6. The normalized spacial score (nSPS) is 11.3. The molecule has 6 heteroatoms. The van der Waals surface area contributed by atoms with Gasteiger partial charge in [0.25, 0.3) is 0 Å². The zero-order valence-electron chi connectivity index (χ0n) is 5.88. The van der Waals surface area contributed by atoms with Crippen LogP contribution in [0.5, 0.6) is 0 Å². The van der Waals surface area contributed by atoms with Crippen molar-refractivity contribution in [2.75, 3.05) is 11.5 Å². The highest BCUT2D eigenvalue weighted by molar-refractivity contribution is 9.14. The zero-order valence-corrected chi connectivity index (χ0v) is 10.7. The van der Waals surface area contributed by atoms with E-state index in [1.165, 1.54) is 0 Å². The van der Waals surface area contributed by atoms with E-state index in [-0.39, 0.29) is 0 Å². The minimum atomic E-state index is 0.614. The van der Waals surface area contributed by atoms with Gasteiger partial charge in [0.05, 0.1) is 0 Å². The maximum absolute atomic E-state index is 8.27. The van der Waals surface area contributed by atoms with Crippen LogP contribution in [0.3, 0.4) is 0 Å². The van der Waals surface area contributed by atoms with E-state index in [1.807, 2.05) is 10.8 Å². The molecule has 0 bridgehead atoms. The number of hydrogen-bond donors (Lipinski definition) is 0. The van der Waals surface area contributed by atoms with Crippen molar-refractivity contribution in [2.45, 2.75) is 0 Å². The first kappa shape index (κ1) is 12.4. The van der Waals surface area contributed by atoms with Crippen molar-refractivity contribution < 1.29 is 0 Å². The molecular formula is C6H4Br2N2S2. The second-order valence-corrected chi connectivity index (χ2v) is 5.00. The van der Waals surface area contributed by atoms with Gasteiger partial charge in [-0.2, -0.15) is 10.5 Å². The van der Waals surface area contributed by atoms with E-state index >= 15 is 0 Å². The molecule has 0 radical (unpaired) electrons. The molecular weight excluding hydrogens is 324 g/mol. The van der Waals surface area contributed by atoms with Crippen LogP contribution in [0, 0.1) is 21.3 Å². The third-order valence-electron chi connectivity index (χ3n) is 0.821. The van der Waals surface area contributed by atoms with Crippen molar-refractivity contribution >= 4 is 55.4 Å². The molecule has 0 aliphatic heterocycles. The van der Waals surface area contributed by atoms with Gasteiger partial charge in [0.15, 0.2) is 0 Å². The van der Waals surface area contributed by atoms with Gasteiger partial charge in [-0.05, 0) is 23.5 Å². The lowest BCUT2D eigenvalue weighted by molar-refractivity contribution is 1.56. The van der Waals surface area contributed by atoms with E-state index in [2.05, 4.69) is 31.9 Å². The second kappa shape index (κ2) is 8.00. The minimum absolute atomic E-state index is 0.614. The predicted octanol–water partition coefficient (Wildman–Crippen LogP) is 3.42. The molecule has 2 nitrogen and oxygen atoms in total. The van der Waals surface area contributed by atoms with Crippen molar-refractivity contribution in [2.24, 2.45) is 0 Å². The van der Waals surface area contributed by atoms with Crippen molar-refractivity contribution in [3.8, 4) is 10.8 Å². The average molecular weight is 328 g/mol. The van der Waals surface area contributed by atoms with Gasteiger partial charge < -0.3 is 0 Å². The molecule has 0 aromatic carbocycles. The summed E-state index contributed by atoms with van der Waals surface area (Å²) >= 11 is 8.94. The maximum atomic E-state index is 8.27. The summed E-state index contributed by atoms with van der Waals surface area (Å²) in [6, 6.07) is 0. The SMILES string of the molecule is N#CSC/C(Br)=C(\Br)CSC#N. The summed E-state index contributed by atoms with van der Waals surface area (Å²) in [6.07, 6.45) is 0. The van der Waals surface area contributed by atoms with E-state index < -0.39 is 0 Å². The Kier molecular flexibility index (Phi) is 8.25. The van der Waals surface area contributed by atoms with Crippen LogP contribution >= 0.6 is 55.4 Å². The number of halogens is 2. The number of nitriles is 2. The third-order valence-corrected chi connectivity index (χ3v) is 4.74. The molecule has 0 fully saturated rings. The minimum Gasteiger partial charge on any atom is -0.185 e. The summed E-state index contributed by atoms with van der Waals surface area (Å²) in [5.41, 5.74) is 0. The first-order valence-electron chi connectivity index (χ1n) is 2.77. The van der Waals surface area contributed by atoms with Gasteiger partial charge in [0, 0.05) is 20.5 Å². The van der Waals surface area contributed by atoms with Crippen LogP contribution in [0.4, 0.5) is 0 Å². The van der Waals surface area contributed by atoms with Gasteiger partial charge in [-0.1, -0.05) is 31.9 Å². The molecule has 0 atom stereocenters. The number of hydrogen-bond acceptors (Lipinski definition) is 4. The fraction of sp³-hybridized carbons (Fsp3) is 0.333. The van der Waals surface area contributed by atoms with Crippen LogP contribution < -0.4 is 0 Å². The third kappa shape index (κ3) is 5.96. The molecule has 0 aromatic heterocycles. The van der Waals surface area contributed by atoms with E-state index in [1.54, 1.807) is 0 Å². The van der Waals surface area contributed by atoms with E-state index in [4.69, 9.17) is 10.5 Å². The summed E-state index contributed by atoms with van der Waals surface area (Å²) in [6.45, 7) is 0. The predicted molar refractivity (Wildman–Crippen MR) is 61.0 cm³/mol. The molecule has 0 heterocycles. The number of thioether (sulfide) groups is 2. The Morgan fingerprint density at radius 3 is 1.58 bits per heavy atom. The number of thiocyanates is 2. The highest BCUT2D eigenvalue weighted by atomic mass is 79.9. The Morgan fingerprint density at radius 1 is 1.00 bits per heavy atom. The van der Waals surface area contributed by atoms with Gasteiger partial charge in [-0.15, -0.1) is 0 Å². The van der Waals surface area contributed by atoms with E-state index in [9.17, 15) is 0 Å². The van der Waals surface area contributed by atoms with Crippen LogP contribution in [0.1, 0.15) is 0 Å². The van der Waals surface area contributed by atoms with Crippen LogP contribution in [0.15, 0.2) is 8.96 Å². The quantitative estimate of drug-likeness (QED) is 0.742. The van der Waals surface area contributed by atoms with Crippen LogP contribution in [0.25, 0.3) is 0 Å². The second-order valence-electron chi connectivity index (χ2n) is 1.57. The van der Waals surface area contributed by atoms with Gasteiger partial charge in [0.1, 0.15) is 10.8 Å². The lowest BCUT2D eigenvalue weighted by Crippen LogP contribution is -1.83. The van der Waals surface area contributed by atoms with Crippen LogP contribution in [-0.2, 0) is 0 Å². The summed E-state index contributed by atoms with van der Waals surface area (Å²) < 4.78 is 1.86. The fourth-order valence-corrected chi connectivity index (χ4v) is 2.42. The summed E-state index contributed by atoms with van der Waals surface area (Å²) in [4.78, 5) is 0. The maximum Gasteiger partial charge on any atom is 0.133 e. The Hall–Kier alpha value is 0.380. The molecule has 0 saturated heterocycles. The first-order chi connectivity index (χ1) is 5.72. The molecule has 0 aromatic rings. The molecule has 0 aliphatic carbocycles. The lowest BCUT2D eigenvalue weighted by Gasteiger charge is -1.97. The Balaban J connectivity index is 3.92. The molecule has 0 aliphatic rings. The molecule has 0 unspecified atom stereocenters. The summed E-state index contributed by atoms with van der Waals surface area (Å²) in [5.74, 6) is 1.23. The van der Waals surface area contributed by atoms with Crippen molar-refractivity contribution in [3.63, 3.8) is 0 Å². The van der Waals surface area contributed by atoms with Crippen molar-refractivity contribution in [1.29, 1.82) is 10.5 Å². The fourth-order valence-electron chi connectivity index (χ4n) is 0.348. The molecule has 0 saturated carbocycles. The first-order valence-corrected chi connectivity index (χ1v) is 6.33. The largest absolute Gasteiger partial charge is 0.185 e. The Labute approximate surface area is 96.6 Å². The zero-order chi connectivity index (χ0) is 9.40. The van der Waals surface area contributed by atoms with E-state index in [0.717, 1.165) is 32.5 Å². The van der Waals surface area contributed by atoms with Gasteiger partial charge >= 0.3 is 0 Å². The summed E-state index contributed by atoms with van der Waals surface area (Å²) in [7, 11) is 0. The smallest absolute Gasteiger partial charge is 0.133 e. The molecule has 0 rings (SSSR count). The molecule has 12 heavy (non-hydrogen) atoms.